The van der Waals surface area contributed by atoms with E-state index in [4.69, 9.17) is 14.6 Å². The van der Waals surface area contributed by atoms with Crippen LogP contribution in [0.2, 0.25) is 0 Å². The number of halogens is 3. The van der Waals surface area contributed by atoms with Crippen molar-refractivity contribution in [3.8, 4) is 0 Å². The molecule has 0 aliphatic carbocycles. The zero-order valence-electron chi connectivity index (χ0n) is 16.6. The molecule has 1 aliphatic heterocycles. The number of ether oxygens (including phenoxy) is 1. The van der Waals surface area contributed by atoms with Gasteiger partial charge in [0.25, 0.3) is 0 Å². The number of carbonyl (C=O) groups is 2. The van der Waals surface area contributed by atoms with Crippen molar-refractivity contribution in [2.75, 3.05) is 19.0 Å². The van der Waals surface area contributed by atoms with Gasteiger partial charge in [0.1, 0.15) is 5.82 Å². The van der Waals surface area contributed by atoms with Crippen molar-refractivity contribution >= 4 is 28.6 Å². The van der Waals surface area contributed by atoms with Crippen LogP contribution in [-0.2, 0) is 14.3 Å². The molecule has 0 saturated carbocycles. The number of benzene rings is 1. The van der Waals surface area contributed by atoms with Crippen molar-refractivity contribution < 1.29 is 32.6 Å². The number of amides is 1. The van der Waals surface area contributed by atoms with Crippen molar-refractivity contribution in [2.24, 2.45) is 5.92 Å². The van der Waals surface area contributed by atoms with E-state index < -0.39 is 12.1 Å². The second kappa shape index (κ2) is 10.4. The summed E-state index contributed by atoms with van der Waals surface area (Å²) >= 11 is 0. The number of nitrogens with one attached hydrogen (secondary N) is 2. The van der Waals surface area contributed by atoms with Crippen molar-refractivity contribution in [1.29, 1.82) is 0 Å². The Morgan fingerprint density at radius 1 is 1.27 bits per heavy atom. The summed E-state index contributed by atoms with van der Waals surface area (Å²) in [6.45, 7) is 2.90. The third kappa shape index (κ3) is 6.39. The minimum atomic E-state index is -5.08. The number of methoxy groups -OCH3 is 1. The highest BCUT2D eigenvalue weighted by Crippen LogP contribution is 2.21. The van der Waals surface area contributed by atoms with Crippen LogP contribution in [0.1, 0.15) is 19.8 Å². The summed E-state index contributed by atoms with van der Waals surface area (Å²) in [5, 5.41) is 14.5. The number of alkyl halides is 3. The molecule has 0 unspecified atom stereocenters. The molecule has 2 aromatic rings. The molecular weight excluding hydrogens is 403 g/mol. The number of hydrogen-bond acceptors (Lipinski definition) is 5. The molecule has 3 atom stereocenters. The largest absolute Gasteiger partial charge is 0.490 e. The van der Waals surface area contributed by atoms with Crippen LogP contribution in [0.5, 0.6) is 0 Å². The van der Waals surface area contributed by atoms with Crippen LogP contribution in [0.3, 0.4) is 0 Å². The smallest absolute Gasteiger partial charge is 0.475 e. The van der Waals surface area contributed by atoms with Crippen molar-refractivity contribution in [3.05, 3.63) is 36.4 Å². The first-order chi connectivity index (χ1) is 14.1. The number of para-hydroxylation sites is 1. The summed E-state index contributed by atoms with van der Waals surface area (Å²) in [6.07, 6.45) is -3.03. The molecule has 0 bridgehead atoms. The Morgan fingerprint density at radius 3 is 2.50 bits per heavy atom. The lowest BCUT2D eigenvalue weighted by Gasteiger charge is -2.27. The molecule has 7 nitrogen and oxygen atoms in total. The summed E-state index contributed by atoms with van der Waals surface area (Å²) in [5.41, 5.74) is 0.874. The van der Waals surface area contributed by atoms with Gasteiger partial charge >= 0.3 is 12.1 Å². The quantitative estimate of drug-likeness (QED) is 0.678. The zero-order valence-corrected chi connectivity index (χ0v) is 16.6. The molecule has 164 valence electrons. The number of carbonyl (C=O) groups excluding carboxylic acids is 1. The van der Waals surface area contributed by atoms with Crippen LogP contribution in [0, 0.1) is 5.92 Å². The molecule has 10 heteroatoms. The van der Waals surface area contributed by atoms with E-state index in [0.717, 1.165) is 30.3 Å². The van der Waals surface area contributed by atoms with Gasteiger partial charge in [-0.25, -0.2) is 9.78 Å². The minimum absolute atomic E-state index is 0.0617. The zero-order chi connectivity index (χ0) is 22.3. The number of anilines is 1. The average Bonchev–Trinajstić information content (AvgIpc) is 3.22. The van der Waals surface area contributed by atoms with E-state index >= 15 is 0 Å². The predicted molar refractivity (Wildman–Crippen MR) is 105 cm³/mol. The first-order valence-corrected chi connectivity index (χ1v) is 9.36. The molecule has 3 rings (SSSR count). The molecule has 1 aromatic heterocycles. The first kappa shape index (κ1) is 23.6. The van der Waals surface area contributed by atoms with E-state index in [1.165, 1.54) is 0 Å². The van der Waals surface area contributed by atoms with Gasteiger partial charge in [0.15, 0.2) is 0 Å². The number of hydrogen-bond donors (Lipinski definition) is 3. The summed E-state index contributed by atoms with van der Waals surface area (Å²) in [5.74, 6) is -2.49. The molecule has 1 aliphatic rings. The maximum Gasteiger partial charge on any atom is 0.490 e. The first-order valence-electron chi connectivity index (χ1n) is 9.36. The Hall–Kier alpha value is -2.72. The number of aromatic nitrogens is 1. The molecule has 1 saturated heterocycles. The SMILES string of the molecule is CO[C@@H]([C@@H]1CCCN1)[C@@H](C)C(=O)Nc1ccc2ccccc2n1.O=C(O)C(F)(F)F. The van der Waals surface area contributed by atoms with Crippen molar-refractivity contribution in [2.45, 2.75) is 38.1 Å². The van der Waals surface area contributed by atoms with Crippen LogP contribution >= 0.6 is 0 Å². The molecule has 2 heterocycles. The Labute approximate surface area is 171 Å². The highest BCUT2D eigenvalue weighted by molar-refractivity contribution is 5.93. The van der Waals surface area contributed by atoms with Gasteiger partial charge in [0.05, 0.1) is 17.5 Å². The topological polar surface area (TPSA) is 101 Å². The van der Waals surface area contributed by atoms with Crippen LogP contribution in [0.25, 0.3) is 10.9 Å². The fraction of sp³-hybridized carbons (Fsp3) is 0.450. The molecule has 0 spiro atoms. The lowest BCUT2D eigenvalue weighted by Crippen LogP contribution is -2.44. The standard InChI is InChI=1S/C18H23N3O2.C2HF3O2/c1-12(17(23-2)15-8-5-11-19-15)18(22)21-16-10-9-13-6-3-4-7-14(13)20-16;3-2(4,5)1(6)7/h3-4,6-7,9-10,12,15,17,19H,5,8,11H2,1-2H3,(H,20,21,22);(H,6,7)/t12-,15+,17-;/m1./s1. The van der Waals surface area contributed by atoms with Crippen LogP contribution in [0.15, 0.2) is 36.4 Å². The Bertz CT molecular complexity index is 870. The van der Waals surface area contributed by atoms with Crippen molar-refractivity contribution in [3.63, 3.8) is 0 Å². The number of rotatable bonds is 5. The molecule has 0 radical (unpaired) electrons. The van der Waals surface area contributed by atoms with Crippen LogP contribution in [0.4, 0.5) is 19.0 Å². The van der Waals surface area contributed by atoms with E-state index in [1.807, 2.05) is 43.3 Å². The van der Waals surface area contributed by atoms with Gasteiger partial charge < -0.3 is 20.5 Å². The number of nitrogens with zero attached hydrogens (tertiary/aromatic N) is 1. The molecule has 1 aromatic carbocycles. The number of aliphatic carboxylic acids is 1. The third-order valence-electron chi connectivity index (χ3n) is 4.77. The number of carboxylic acid groups (broad SMARTS) is 1. The van der Waals surface area contributed by atoms with E-state index in [-0.39, 0.29) is 24.0 Å². The number of pyridine rings is 1. The van der Waals surface area contributed by atoms with E-state index in [1.54, 1.807) is 7.11 Å². The summed E-state index contributed by atoms with van der Waals surface area (Å²) in [4.78, 5) is 25.9. The van der Waals surface area contributed by atoms with Gasteiger partial charge in [-0.15, -0.1) is 0 Å². The summed E-state index contributed by atoms with van der Waals surface area (Å²) in [7, 11) is 1.67. The van der Waals surface area contributed by atoms with E-state index in [9.17, 15) is 18.0 Å². The van der Waals surface area contributed by atoms with Crippen molar-refractivity contribution in [1.82, 2.24) is 10.3 Å². The normalized spacial score (nSPS) is 18.2. The summed E-state index contributed by atoms with van der Waals surface area (Å²) in [6, 6.07) is 11.9. The van der Waals surface area contributed by atoms with Crippen LogP contribution in [-0.4, -0.2) is 53.9 Å². The third-order valence-corrected chi connectivity index (χ3v) is 4.77. The monoisotopic (exact) mass is 427 g/mol. The molecule has 1 fully saturated rings. The van der Waals surface area contributed by atoms with Gasteiger partial charge in [0.2, 0.25) is 5.91 Å². The highest BCUT2D eigenvalue weighted by atomic mass is 19.4. The fourth-order valence-corrected chi connectivity index (χ4v) is 3.23. The maximum atomic E-state index is 12.5. The Kier molecular flexibility index (Phi) is 8.13. The van der Waals surface area contributed by atoms with Gasteiger partial charge in [-0.05, 0) is 37.6 Å². The lowest BCUT2D eigenvalue weighted by molar-refractivity contribution is -0.192. The molecule has 3 N–H and O–H groups in total. The van der Waals surface area contributed by atoms with Gasteiger partial charge in [-0.2, -0.15) is 13.2 Å². The van der Waals surface area contributed by atoms with Crippen LogP contribution < -0.4 is 10.6 Å². The fourth-order valence-electron chi connectivity index (χ4n) is 3.23. The van der Waals surface area contributed by atoms with E-state index in [2.05, 4.69) is 15.6 Å². The average molecular weight is 427 g/mol. The van der Waals surface area contributed by atoms with Gasteiger partial charge in [-0.3, -0.25) is 4.79 Å². The van der Waals surface area contributed by atoms with Gasteiger partial charge in [0, 0.05) is 18.5 Å². The second-order valence-corrected chi connectivity index (χ2v) is 6.87. The van der Waals surface area contributed by atoms with E-state index in [0.29, 0.717) is 5.82 Å². The highest BCUT2D eigenvalue weighted by Gasteiger charge is 2.38. The lowest BCUT2D eigenvalue weighted by atomic mass is 9.95. The summed E-state index contributed by atoms with van der Waals surface area (Å²) < 4.78 is 37.3. The maximum absolute atomic E-state index is 12.5. The predicted octanol–water partition coefficient (Wildman–Crippen LogP) is 3.21. The number of fused-ring (bicyclic) bond motifs is 1. The molecular formula is C20H24F3N3O4. The molecule has 1 amide bonds. The number of carboxylic acids is 1. The second-order valence-electron chi connectivity index (χ2n) is 6.87. The minimum Gasteiger partial charge on any atom is -0.475 e. The Balaban J connectivity index is 0.000000396. The van der Waals surface area contributed by atoms with Gasteiger partial charge in [-0.1, -0.05) is 25.1 Å². The Morgan fingerprint density at radius 2 is 1.93 bits per heavy atom. The molecule has 30 heavy (non-hydrogen) atoms.